The zero-order valence-electron chi connectivity index (χ0n) is 7.50. The zero-order chi connectivity index (χ0) is 8.85. The topological polar surface area (TPSA) is 40.5 Å². The van der Waals surface area contributed by atoms with Gasteiger partial charge in [0.05, 0.1) is 6.10 Å². The van der Waals surface area contributed by atoms with Crippen LogP contribution in [-0.2, 0) is 4.79 Å². The van der Waals surface area contributed by atoms with Crippen molar-refractivity contribution < 1.29 is 9.90 Å². The summed E-state index contributed by atoms with van der Waals surface area (Å²) in [5.74, 6) is 0.105. The van der Waals surface area contributed by atoms with E-state index in [4.69, 9.17) is 5.11 Å². The average molecular weight is 159 g/mol. The van der Waals surface area contributed by atoms with Gasteiger partial charge in [0.1, 0.15) is 0 Å². The van der Waals surface area contributed by atoms with Crippen LogP contribution in [0.2, 0.25) is 0 Å². The number of hydrogen-bond acceptors (Lipinski definition) is 2. The van der Waals surface area contributed by atoms with E-state index in [0.29, 0.717) is 19.5 Å². The number of likely N-dealkylation sites (N-methyl/N-ethyl adjacent to an activating group) is 1. The molecule has 0 aromatic carbocycles. The van der Waals surface area contributed by atoms with Crippen molar-refractivity contribution in [2.45, 2.75) is 33.3 Å². The Bertz CT molecular complexity index is 123. The molecule has 11 heavy (non-hydrogen) atoms. The van der Waals surface area contributed by atoms with Crippen LogP contribution in [0.4, 0.5) is 0 Å². The third-order valence-corrected chi connectivity index (χ3v) is 1.52. The molecule has 0 aliphatic rings. The van der Waals surface area contributed by atoms with Crippen molar-refractivity contribution in [3.05, 3.63) is 0 Å². The van der Waals surface area contributed by atoms with Gasteiger partial charge in [0.15, 0.2) is 0 Å². The zero-order valence-corrected chi connectivity index (χ0v) is 7.50. The smallest absolute Gasteiger partial charge is 0.222 e. The van der Waals surface area contributed by atoms with E-state index in [1.807, 2.05) is 13.8 Å². The summed E-state index contributed by atoms with van der Waals surface area (Å²) in [6.45, 7) is 6.55. The van der Waals surface area contributed by atoms with Crippen molar-refractivity contribution in [3.8, 4) is 0 Å². The number of carbonyl (C=O) groups is 1. The van der Waals surface area contributed by atoms with Crippen molar-refractivity contribution in [2.75, 3.05) is 13.1 Å². The third kappa shape index (κ3) is 3.98. The Kier molecular flexibility index (Phi) is 4.86. The highest BCUT2D eigenvalue weighted by molar-refractivity contribution is 5.75. The summed E-state index contributed by atoms with van der Waals surface area (Å²) in [7, 11) is 0. The quantitative estimate of drug-likeness (QED) is 0.653. The maximum atomic E-state index is 11.1. The molecule has 0 bridgehead atoms. The lowest BCUT2D eigenvalue weighted by Crippen LogP contribution is -2.35. The first-order valence-corrected chi connectivity index (χ1v) is 4.07. The van der Waals surface area contributed by atoms with E-state index in [-0.39, 0.29) is 5.91 Å². The van der Waals surface area contributed by atoms with E-state index in [1.165, 1.54) is 0 Å². The summed E-state index contributed by atoms with van der Waals surface area (Å²) in [4.78, 5) is 12.8. The van der Waals surface area contributed by atoms with Crippen molar-refractivity contribution >= 4 is 5.91 Å². The molecule has 1 N–H and O–H groups in total. The Labute approximate surface area is 68.0 Å². The summed E-state index contributed by atoms with van der Waals surface area (Å²) in [6, 6.07) is 0. The number of nitrogens with zero attached hydrogens (tertiary/aromatic N) is 1. The van der Waals surface area contributed by atoms with Crippen LogP contribution in [0.25, 0.3) is 0 Å². The minimum Gasteiger partial charge on any atom is -0.392 e. The van der Waals surface area contributed by atoms with Gasteiger partial charge < -0.3 is 10.0 Å². The first-order valence-electron chi connectivity index (χ1n) is 4.07. The molecule has 3 nitrogen and oxygen atoms in total. The molecule has 0 heterocycles. The summed E-state index contributed by atoms with van der Waals surface area (Å²) >= 11 is 0. The van der Waals surface area contributed by atoms with Gasteiger partial charge in [-0.3, -0.25) is 4.79 Å². The van der Waals surface area contributed by atoms with E-state index in [0.717, 1.165) is 0 Å². The van der Waals surface area contributed by atoms with E-state index in [2.05, 4.69) is 0 Å². The molecule has 0 aliphatic heterocycles. The van der Waals surface area contributed by atoms with E-state index < -0.39 is 6.10 Å². The van der Waals surface area contributed by atoms with E-state index >= 15 is 0 Å². The molecular weight excluding hydrogens is 142 g/mol. The van der Waals surface area contributed by atoms with Crippen molar-refractivity contribution in [1.29, 1.82) is 0 Å². The Hall–Kier alpha value is -0.570. The highest BCUT2D eigenvalue weighted by Gasteiger charge is 2.10. The van der Waals surface area contributed by atoms with Gasteiger partial charge in [0, 0.05) is 19.5 Å². The van der Waals surface area contributed by atoms with Crippen LogP contribution in [-0.4, -0.2) is 35.1 Å². The second kappa shape index (κ2) is 5.13. The molecular formula is C8H17NO2. The molecule has 0 rings (SSSR count). The van der Waals surface area contributed by atoms with Gasteiger partial charge in [0.25, 0.3) is 0 Å². The van der Waals surface area contributed by atoms with Crippen LogP contribution in [0.5, 0.6) is 0 Å². The van der Waals surface area contributed by atoms with Crippen LogP contribution < -0.4 is 0 Å². The van der Waals surface area contributed by atoms with Gasteiger partial charge >= 0.3 is 0 Å². The van der Waals surface area contributed by atoms with Crippen LogP contribution in [0.1, 0.15) is 27.2 Å². The average Bonchev–Trinajstić information content (AvgIpc) is 1.98. The predicted molar refractivity (Wildman–Crippen MR) is 44.2 cm³/mol. The summed E-state index contributed by atoms with van der Waals surface area (Å²) in [5.41, 5.74) is 0. The van der Waals surface area contributed by atoms with E-state index in [1.54, 1.807) is 11.8 Å². The summed E-state index contributed by atoms with van der Waals surface area (Å²) in [6.07, 6.45) is 0.0889. The maximum Gasteiger partial charge on any atom is 0.222 e. The minimum atomic E-state index is -0.426. The normalized spacial score (nSPS) is 12.7. The number of aliphatic hydroxyl groups is 1. The van der Waals surface area contributed by atoms with Gasteiger partial charge in [-0.15, -0.1) is 0 Å². The number of amides is 1. The van der Waals surface area contributed by atoms with Crippen molar-refractivity contribution in [1.82, 2.24) is 4.90 Å². The summed E-state index contributed by atoms with van der Waals surface area (Å²) in [5, 5.41) is 9.00. The Balaban J connectivity index is 3.84. The summed E-state index contributed by atoms with van der Waals surface area (Å²) < 4.78 is 0. The Morgan fingerprint density at radius 1 is 1.55 bits per heavy atom. The number of rotatable bonds is 4. The molecule has 1 unspecified atom stereocenters. The number of aliphatic hydroxyl groups excluding tert-OH is 1. The van der Waals surface area contributed by atoms with Gasteiger partial charge in [-0.05, 0) is 13.8 Å². The lowest BCUT2D eigenvalue weighted by molar-refractivity contribution is -0.131. The monoisotopic (exact) mass is 159 g/mol. The molecule has 0 aliphatic carbocycles. The second-order valence-electron chi connectivity index (χ2n) is 2.63. The maximum absolute atomic E-state index is 11.1. The molecule has 0 radical (unpaired) electrons. The molecule has 0 saturated heterocycles. The van der Waals surface area contributed by atoms with Gasteiger partial charge in [0.2, 0.25) is 5.91 Å². The fourth-order valence-corrected chi connectivity index (χ4v) is 0.950. The largest absolute Gasteiger partial charge is 0.392 e. The van der Waals surface area contributed by atoms with Gasteiger partial charge in [-0.25, -0.2) is 0 Å². The van der Waals surface area contributed by atoms with Crippen molar-refractivity contribution in [2.24, 2.45) is 0 Å². The molecule has 0 saturated carbocycles. The van der Waals surface area contributed by atoms with Gasteiger partial charge in [-0.2, -0.15) is 0 Å². The van der Waals surface area contributed by atoms with Crippen LogP contribution >= 0.6 is 0 Å². The third-order valence-electron chi connectivity index (χ3n) is 1.52. The molecule has 0 aromatic rings. The fraction of sp³-hybridized carbons (Fsp3) is 0.875. The van der Waals surface area contributed by atoms with Gasteiger partial charge in [-0.1, -0.05) is 6.92 Å². The molecule has 0 fully saturated rings. The fourth-order valence-electron chi connectivity index (χ4n) is 0.950. The van der Waals surface area contributed by atoms with Crippen molar-refractivity contribution in [3.63, 3.8) is 0 Å². The standard InChI is InChI=1S/C8H17NO2/c1-4-8(11)9(5-2)6-7(3)10/h7,10H,4-6H2,1-3H3. The molecule has 1 amide bonds. The SMILES string of the molecule is CCC(=O)N(CC)CC(C)O. The first-order chi connectivity index (χ1) is 5.11. The van der Waals surface area contributed by atoms with Crippen LogP contribution in [0, 0.1) is 0 Å². The predicted octanol–water partition coefficient (Wildman–Crippen LogP) is 0.626. The Morgan fingerprint density at radius 2 is 2.09 bits per heavy atom. The highest BCUT2D eigenvalue weighted by atomic mass is 16.3. The minimum absolute atomic E-state index is 0.105. The van der Waals surface area contributed by atoms with Crippen LogP contribution in [0.15, 0.2) is 0 Å². The Morgan fingerprint density at radius 3 is 2.36 bits per heavy atom. The molecule has 3 heteroatoms. The number of carbonyl (C=O) groups excluding carboxylic acids is 1. The first kappa shape index (κ1) is 10.4. The lowest BCUT2D eigenvalue weighted by atomic mass is 10.3. The van der Waals surface area contributed by atoms with Crippen LogP contribution in [0.3, 0.4) is 0 Å². The number of hydrogen-bond donors (Lipinski definition) is 1. The molecule has 0 spiro atoms. The lowest BCUT2D eigenvalue weighted by Gasteiger charge is -2.21. The second-order valence-corrected chi connectivity index (χ2v) is 2.63. The van der Waals surface area contributed by atoms with E-state index in [9.17, 15) is 4.79 Å². The molecule has 0 aromatic heterocycles. The highest BCUT2D eigenvalue weighted by Crippen LogP contribution is 1.95. The molecule has 1 atom stereocenters. The molecule has 66 valence electrons.